The smallest absolute Gasteiger partial charge is 0.156 e. The standard InChI is InChI=1S/C10H21NO3S2/c1-10(2,3)16(13,14)5-4-15(12)8-9-6-11-7-9/h9,11H,4-8H2,1-3H3. The fourth-order valence-electron chi connectivity index (χ4n) is 1.32. The summed E-state index contributed by atoms with van der Waals surface area (Å²) in [5, 5.41) is 3.11. The van der Waals surface area contributed by atoms with Crippen LogP contribution in [0.3, 0.4) is 0 Å². The second kappa shape index (κ2) is 5.14. The molecule has 0 aromatic carbocycles. The predicted molar refractivity (Wildman–Crippen MR) is 67.8 cm³/mol. The molecule has 0 aliphatic carbocycles. The van der Waals surface area contributed by atoms with Gasteiger partial charge in [-0.2, -0.15) is 0 Å². The molecular weight excluding hydrogens is 246 g/mol. The van der Waals surface area contributed by atoms with Crippen LogP contribution in [-0.4, -0.2) is 47.7 Å². The normalized spacial score (nSPS) is 20.4. The molecule has 6 heteroatoms. The number of sulfone groups is 1. The molecule has 0 amide bonds. The van der Waals surface area contributed by atoms with Gasteiger partial charge >= 0.3 is 0 Å². The van der Waals surface area contributed by atoms with Crippen molar-refractivity contribution in [1.82, 2.24) is 5.32 Å². The van der Waals surface area contributed by atoms with E-state index in [9.17, 15) is 12.6 Å². The Morgan fingerprint density at radius 2 is 1.88 bits per heavy atom. The highest BCUT2D eigenvalue weighted by molar-refractivity contribution is 7.94. The van der Waals surface area contributed by atoms with Crippen molar-refractivity contribution in [3.8, 4) is 0 Å². The molecule has 1 unspecified atom stereocenters. The second-order valence-electron chi connectivity index (χ2n) is 5.27. The van der Waals surface area contributed by atoms with Gasteiger partial charge in [0.15, 0.2) is 9.84 Å². The zero-order valence-corrected chi connectivity index (χ0v) is 11.8. The zero-order chi connectivity index (χ0) is 12.4. The van der Waals surface area contributed by atoms with Gasteiger partial charge in [-0.1, -0.05) is 0 Å². The van der Waals surface area contributed by atoms with Crippen LogP contribution in [0.25, 0.3) is 0 Å². The van der Waals surface area contributed by atoms with Crippen LogP contribution >= 0.6 is 0 Å². The maximum absolute atomic E-state index is 11.8. The van der Waals surface area contributed by atoms with Crippen molar-refractivity contribution in [3.05, 3.63) is 0 Å². The maximum Gasteiger partial charge on any atom is 0.156 e. The van der Waals surface area contributed by atoms with E-state index in [0.29, 0.717) is 11.7 Å². The minimum atomic E-state index is -3.13. The van der Waals surface area contributed by atoms with Gasteiger partial charge in [0.2, 0.25) is 0 Å². The van der Waals surface area contributed by atoms with Gasteiger partial charge in [0.1, 0.15) is 0 Å². The van der Waals surface area contributed by atoms with Crippen molar-refractivity contribution in [2.45, 2.75) is 25.5 Å². The molecule has 1 aliphatic rings. The van der Waals surface area contributed by atoms with Gasteiger partial charge in [0.05, 0.1) is 10.5 Å². The van der Waals surface area contributed by atoms with Crippen molar-refractivity contribution in [2.24, 2.45) is 5.92 Å². The Morgan fingerprint density at radius 3 is 2.25 bits per heavy atom. The van der Waals surface area contributed by atoms with E-state index in [0.717, 1.165) is 13.1 Å². The maximum atomic E-state index is 11.8. The van der Waals surface area contributed by atoms with Crippen LogP contribution in [0.1, 0.15) is 20.8 Å². The van der Waals surface area contributed by atoms with E-state index >= 15 is 0 Å². The molecule has 0 bridgehead atoms. The fourth-order valence-corrected chi connectivity index (χ4v) is 4.48. The molecule has 0 spiro atoms. The lowest BCUT2D eigenvalue weighted by Crippen LogP contribution is -2.45. The Bertz CT molecular complexity index is 353. The highest BCUT2D eigenvalue weighted by atomic mass is 32.2. The first-order valence-electron chi connectivity index (χ1n) is 5.50. The zero-order valence-electron chi connectivity index (χ0n) is 10.2. The van der Waals surface area contributed by atoms with Gasteiger partial charge < -0.3 is 5.32 Å². The van der Waals surface area contributed by atoms with Gasteiger partial charge in [0, 0.05) is 35.4 Å². The van der Waals surface area contributed by atoms with E-state index in [2.05, 4.69) is 5.32 Å². The van der Waals surface area contributed by atoms with Crippen molar-refractivity contribution >= 4 is 20.6 Å². The van der Waals surface area contributed by atoms with Crippen LogP contribution in [0.4, 0.5) is 0 Å². The summed E-state index contributed by atoms with van der Waals surface area (Å²) in [6.45, 7) is 6.87. The average molecular weight is 267 g/mol. The summed E-state index contributed by atoms with van der Waals surface area (Å²) in [5.74, 6) is 1.41. The van der Waals surface area contributed by atoms with Crippen molar-refractivity contribution in [1.29, 1.82) is 0 Å². The summed E-state index contributed by atoms with van der Waals surface area (Å²) in [6, 6.07) is 0. The summed E-state index contributed by atoms with van der Waals surface area (Å²) >= 11 is 0. The Morgan fingerprint density at radius 1 is 1.31 bits per heavy atom. The molecule has 4 nitrogen and oxygen atoms in total. The molecule has 1 saturated heterocycles. The van der Waals surface area contributed by atoms with Gasteiger partial charge in [-0.15, -0.1) is 0 Å². The number of nitrogens with one attached hydrogen (secondary N) is 1. The minimum absolute atomic E-state index is 0.0310. The third kappa shape index (κ3) is 3.82. The molecule has 1 heterocycles. The third-order valence-corrected chi connectivity index (χ3v) is 7.17. The van der Waals surface area contributed by atoms with E-state index in [1.165, 1.54) is 0 Å². The number of rotatable bonds is 5. The van der Waals surface area contributed by atoms with E-state index in [-0.39, 0.29) is 11.5 Å². The van der Waals surface area contributed by atoms with Gasteiger partial charge in [0.25, 0.3) is 0 Å². The third-order valence-electron chi connectivity index (χ3n) is 2.80. The van der Waals surface area contributed by atoms with E-state index < -0.39 is 25.4 Å². The van der Waals surface area contributed by atoms with E-state index in [1.54, 1.807) is 20.8 Å². The summed E-state index contributed by atoms with van der Waals surface area (Å²) in [7, 11) is -4.13. The lowest BCUT2D eigenvalue weighted by atomic mass is 10.1. The van der Waals surface area contributed by atoms with Crippen molar-refractivity contribution in [3.63, 3.8) is 0 Å². The van der Waals surface area contributed by atoms with Crippen LogP contribution in [-0.2, 0) is 20.6 Å². The second-order valence-corrected chi connectivity index (χ2v) is 9.75. The number of hydrogen-bond acceptors (Lipinski definition) is 4. The molecule has 1 aliphatic heterocycles. The first-order chi connectivity index (χ1) is 7.22. The van der Waals surface area contributed by atoms with Gasteiger partial charge in [-0.25, -0.2) is 8.42 Å². The Hall–Kier alpha value is 0.0600. The first-order valence-corrected chi connectivity index (χ1v) is 8.64. The SMILES string of the molecule is CC(C)(C)S(=O)(=O)CCS(=O)CC1CNC1. The molecule has 1 N–H and O–H groups in total. The van der Waals surface area contributed by atoms with Crippen LogP contribution in [0, 0.1) is 5.92 Å². The van der Waals surface area contributed by atoms with Gasteiger partial charge in [-0.05, 0) is 26.7 Å². The van der Waals surface area contributed by atoms with Crippen LogP contribution < -0.4 is 5.32 Å². The molecule has 96 valence electrons. The largest absolute Gasteiger partial charge is 0.316 e. The van der Waals surface area contributed by atoms with Crippen LogP contribution in [0.15, 0.2) is 0 Å². The quantitative estimate of drug-likeness (QED) is 0.771. The van der Waals surface area contributed by atoms with Crippen LogP contribution in [0.2, 0.25) is 0 Å². The number of hydrogen-bond donors (Lipinski definition) is 1. The van der Waals surface area contributed by atoms with Gasteiger partial charge in [-0.3, -0.25) is 4.21 Å². The fraction of sp³-hybridized carbons (Fsp3) is 1.00. The Labute approximate surface area is 101 Å². The highest BCUT2D eigenvalue weighted by Gasteiger charge is 2.29. The summed E-state index contributed by atoms with van der Waals surface area (Å²) in [6.07, 6.45) is 0. The molecule has 0 aromatic heterocycles. The molecule has 1 fully saturated rings. The van der Waals surface area contributed by atoms with E-state index in [4.69, 9.17) is 0 Å². The lowest BCUT2D eigenvalue weighted by Gasteiger charge is -2.26. The lowest BCUT2D eigenvalue weighted by molar-refractivity contribution is 0.382. The predicted octanol–water partition coefficient (Wildman–Crippen LogP) is 0.168. The topological polar surface area (TPSA) is 63.2 Å². The van der Waals surface area contributed by atoms with E-state index in [1.807, 2.05) is 0 Å². The Kier molecular flexibility index (Phi) is 4.54. The monoisotopic (exact) mass is 267 g/mol. The van der Waals surface area contributed by atoms with Crippen molar-refractivity contribution in [2.75, 3.05) is 30.3 Å². The molecular formula is C10H21NO3S2. The van der Waals surface area contributed by atoms with Crippen molar-refractivity contribution < 1.29 is 12.6 Å². The molecule has 1 atom stereocenters. The minimum Gasteiger partial charge on any atom is -0.316 e. The molecule has 0 radical (unpaired) electrons. The first kappa shape index (κ1) is 14.1. The average Bonchev–Trinajstić information content (AvgIpc) is 2.06. The molecule has 0 saturated carbocycles. The summed E-state index contributed by atoms with van der Waals surface area (Å²) in [5.41, 5.74) is 0. The molecule has 1 rings (SSSR count). The molecule has 0 aromatic rings. The molecule has 16 heavy (non-hydrogen) atoms. The van der Waals surface area contributed by atoms with Crippen LogP contribution in [0.5, 0.6) is 0 Å². The summed E-state index contributed by atoms with van der Waals surface area (Å²) in [4.78, 5) is 0. The summed E-state index contributed by atoms with van der Waals surface area (Å²) < 4.78 is 34.5. The Balaban J connectivity index is 2.36. The highest BCUT2D eigenvalue weighted by Crippen LogP contribution is 2.16.